The van der Waals surface area contributed by atoms with Crippen LogP contribution in [0, 0.1) is 17.5 Å². The van der Waals surface area contributed by atoms with Gasteiger partial charge < -0.3 is 0 Å². The van der Waals surface area contributed by atoms with Gasteiger partial charge in [-0.05, 0) is 30.7 Å². The Morgan fingerprint density at radius 2 is 1.84 bits per heavy atom. The van der Waals surface area contributed by atoms with Gasteiger partial charge in [-0.25, -0.2) is 13.2 Å². The fourth-order valence-electron chi connectivity index (χ4n) is 1.66. The number of pyridine rings is 1. The number of benzene rings is 1. The molecule has 0 saturated heterocycles. The zero-order valence-corrected chi connectivity index (χ0v) is 9.87. The van der Waals surface area contributed by atoms with Crippen LogP contribution in [0.2, 0.25) is 0 Å². The summed E-state index contributed by atoms with van der Waals surface area (Å²) in [6.45, 7) is 0. The molecule has 5 heteroatoms. The highest BCUT2D eigenvalue weighted by atomic mass is 19.2. The van der Waals surface area contributed by atoms with Gasteiger partial charge in [0, 0.05) is 18.3 Å². The number of carbonyl (C=O) groups excluding carboxylic acids is 1. The zero-order valence-electron chi connectivity index (χ0n) is 9.87. The van der Waals surface area contributed by atoms with E-state index in [9.17, 15) is 18.0 Å². The highest BCUT2D eigenvalue weighted by molar-refractivity contribution is 5.96. The Kier molecular flexibility index (Phi) is 3.94. The van der Waals surface area contributed by atoms with Gasteiger partial charge in [0.2, 0.25) is 0 Å². The Bertz CT molecular complexity index is 599. The predicted molar refractivity (Wildman–Crippen MR) is 63.2 cm³/mol. The van der Waals surface area contributed by atoms with Crippen LogP contribution in [-0.2, 0) is 6.42 Å². The number of carbonyl (C=O) groups is 1. The minimum atomic E-state index is -1.62. The average molecular weight is 265 g/mol. The smallest absolute Gasteiger partial charge is 0.195 e. The SMILES string of the molecule is O=C(CCc1ccccn1)c1ccc(F)c(F)c1F. The van der Waals surface area contributed by atoms with Gasteiger partial charge in [-0.3, -0.25) is 9.78 Å². The van der Waals surface area contributed by atoms with Crippen molar-refractivity contribution in [2.75, 3.05) is 0 Å². The Morgan fingerprint density at radius 1 is 1.05 bits per heavy atom. The first-order valence-corrected chi connectivity index (χ1v) is 5.66. The van der Waals surface area contributed by atoms with Gasteiger partial charge in [-0.2, -0.15) is 0 Å². The second-order valence-corrected chi connectivity index (χ2v) is 3.97. The zero-order chi connectivity index (χ0) is 13.8. The van der Waals surface area contributed by atoms with Crippen molar-refractivity contribution in [2.45, 2.75) is 12.8 Å². The highest BCUT2D eigenvalue weighted by Crippen LogP contribution is 2.17. The van der Waals surface area contributed by atoms with E-state index in [0.717, 1.165) is 12.1 Å². The van der Waals surface area contributed by atoms with Crippen LogP contribution in [0.5, 0.6) is 0 Å². The third kappa shape index (κ3) is 2.99. The van der Waals surface area contributed by atoms with Gasteiger partial charge in [0.1, 0.15) is 0 Å². The van der Waals surface area contributed by atoms with Crippen LogP contribution in [0.4, 0.5) is 13.2 Å². The molecule has 2 nitrogen and oxygen atoms in total. The first-order valence-electron chi connectivity index (χ1n) is 5.66. The first kappa shape index (κ1) is 13.3. The number of ketones is 1. The van der Waals surface area contributed by atoms with E-state index in [-0.39, 0.29) is 6.42 Å². The quantitative estimate of drug-likeness (QED) is 0.627. The van der Waals surface area contributed by atoms with Crippen molar-refractivity contribution >= 4 is 5.78 Å². The Morgan fingerprint density at radius 3 is 2.53 bits per heavy atom. The molecule has 0 aliphatic carbocycles. The van der Waals surface area contributed by atoms with E-state index in [0.29, 0.717) is 12.1 Å². The largest absolute Gasteiger partial charge is 0.294 e. The monoisotopic (exact) mass is 265 g/mol. The summed E-state index contributed by atoms with van der Waals surface area (Å²) in [6.07, 6.45) is 1.88. The van der Waals surface area contributed by atoms with Gasteiger partial charge in [0.15, 0.2) is 23.2 Å². The van der Waals surface area contributed by atoms with Crippen molar-refractivity contribution in [1.29, 1.82) is 0 Å². The summed E-state index contributed by atoms with van der Waals surface area (Å²) in [5.74, 6) is -4.95. The van der Waals surface area contributed by atoms with E-state index < -0.39 is 28.8 Å². The van der Waals surface area contributed by atoms with Crippen LogP contribution in [0.25, 0.3) is 0 Å². The molecule has 19 heavy (non-hydrogen) atoms. The Labute approximate surface area is 107 Å². The molecule has 0 saturated carbocycles. The number of halogens is 3. The third-order valence-electron chi connectivity index (χ3n) is 2.67. The summed E-state index contributed by atoms with van der Waals surface area (Å²) >= 11 is 0. The molecule has 0 aliphatic heterocycles. The number of aromatic nitrogens is 1. The summed E-state index contributed by atoms with van der Waals surface area (Å²) < 4.78 is 39.1. The maximum atomic E-state index is 13.4. The lowest BCUT2D eigenvalue weighted by Gasteiger charge is -2.04. The van der Waals surface area contributed by atoms with E-state index >= 15 is 0 Å². The minimum Gasteiger partial charge on any atom is -0.294 e. The van der Waals surface area contributed by atoms with Crippen molar-refractivity contribution in [3.05, 3.63) is 65.2 Å². The molecule has 2 rings (SSSR count). The van der Waals surface area contributed by atoms with Gasteiger partial charge in [0.05, 0.1) is 5.56 Å². The van der Waals surface area contributed by atoms with Gasteiger partial charge >= 0.3 is 0 Å². The number of hydrogen-bond donors (Lipinski definition) is 0. The standard InChI is InChI=1S/C14H10F3NO/c15-11-6-5-10(13(16)14(11)17)12(19)7-4-9-3-1-2-8-18-9/h1-3,5-6,8H,4,7H2. The van der Waals surface area contributed by atoms with E-state index in [4.69, 9.17) is 0 Å². The number of nitrogens with zero attached hydrogens (tertiary/aromatic N) is 1. The number of Topliss-reactive ketones (excluding diaryl/α,β-unsaturated/α-hetero) is 1. The summed E-state index contributed by atoms with van der Waals surface area (Å²) in [7, 11) is 0. The number of aryl methyl sites for hydroxylation is 1. The molecule has 1 heterocycles. The number of rotatable bonds is 4. The lowest BCUT2D eigenvalue weighted by molar-refractivity contribution is 0.0977. The van der Waals surface area contributed by atoms with Crippen LogP contribution in [0.3, 0.4) is 0 Å². The van der Waals surface area contributed by atoms with E-state index in [1.54, 1.807) is 24.4 Å². The summed E-state index contributed by atoms with van der Waals surface area (Å²) in [4.78, 5) is 15.8. The lowest BCUT2D eigenvalue weighted by atomic mass is 10.0. The van der Waals surface area contributed by atoms with Gasteiger partial charge in [-0.15, -0.1) is 0 Å². The molecular formula is C14H10F3NO. The summed E-state index contributed by atoms with van der Waals surface area (Å²) in [5.41, 5.74) is 0.244. The Balaban J connectivity index is 2.11. The Hall–Kier alpha value is -2.17. The molecule has 1 aromatic heterocycles. The molecule has 0 unspecified atom stereocenters. The molecule has 0 aliphatic rings. The van der Waals surface area contributed by atoms with Gasteiger partial charge in [0.25, 0.3) is 0 Å². The molecule has 0 N–H and O–H groups in total. The number of hydrogen-bond acceptors (Lipinski definition) is 2. The minimum absolute atomic E-state index is 0.0149. The predicted octanol–water partition coefficient (Wildman–Crippen LogP) is 3.31. The molecule has 0 spiro atoms. The van der Waals surface area contributed by atoms with Crippen molar-refractivity contribution in [1.82, 2.24) is 4.98 Å². The normalized spacial score (nSPS) is 10.5. The molecule has 2 aromatic rings. The third-order valence-corrected chi connectivity index (χ3v) is 2.67. The molecule has 0 fully saturated rings. The first-order chi connectivity index (χ1) is 9.09. The molecule has 98 valence electrons. The van der Waals surface area contributed by atoms with Crippen LogP contribution in [-0.4, -0.2) is 10.8 Å². The second-order valence-electron chi connectivity index (χ2n) is 3.97. The van der Waals surface area contributed by atoms with Crippen LogP contribution in [0.1, 0.15) is 22.5 Å². The molecule has 1 aromatic carbocycles. The maximum Gasteiger partial charge on any atom is 0.195 e. The van der Waals surface area contributed by atoms with E-state index in [1.165, 1.54) is 0 Å². The maximum absolute atomic E-state index is 13.4. The fraction of sp³-hybridized carbons (Fsp3) is 0.143. The molecular weight excluding hydrogens is 255 g/mol. The summed E-state index contributed by atoms with van der Waals surface area (Å²) in [5, 5.41) is 0. The highest BCUT2D eigenvalue weighted by Gasteiger charge is 2.18. The van der Waals surface area contributed by atoms with E-state index in [1.807, 2.05) is 0 Å². The van der Waals surface area contributed by atoms with Crippen molar-refractivity contribution in [2.24, 2.45) is 0 Å². The van der Waals surface area contributed by atoms with Crippen molar-refractivity contribution in [3.63, 3.8) is 0 Å². The van der Waals surface area contributed by atoms with Crippen LogP contribution >= 0.6 is 0 Å². The fourth-order valence-corrected chi connectivity index (χ4v) is 1.66. The van der Waals surface area contributed by atoms with Crippen LogP contribution in [0.15, 0.2) is 36.5 Å². The second kappa shape index (κ2) is 5.65. The molecule has 0 amide bonds. The van der Waals surface area contributed by atoms with Crippen molar-refractivity contribution in [3.8, 4) is 0 Å². The van der Waals surface area contributed by atoms with Gasteiger partial charge in [-0.1, -0.05) is 6.07 Å². The topological polar surface area (TPSA) is 30.0 Å². The van der Waals surface area contributed by atoms with E-state index in [2.05, 4.69) is 4.98 Å². The average Bonchev–Trinajstić information content (AvgIpc) is 2.43. The summed E-state index contributed by atoms with van der Waals surface area (Å²) in [6, 6.07) is 6.93. The lowest BCUT2D eigenvalue weighted by Crippen LogP contribution is -2.07. The molecule has 0 bridgehead atoms. The molecule has 0 radical (unpaired) electrons. The molecule has 0 atom stereocenters. The van der Waals surface area contributed by atoms with Crippen LogP contribution < -0.4 is 0 Å². The van der Waals surface area contributed by atoms with Crippen molar-refractivity contribution < 1.29 is 18.0 Å².